The maximum atomic E-state index is 10.6. The Balaban J connectivity index is 1.68. The van der Waals surface area contributed by atoms with E-state index in [0.29, 0.717) is 23.7 Å². The van der Waals surface area contributed by atoms with Crippen molar-refractivity contribution in [1.29, 1.82) is 5.26 Å². The molecule has 0 aliphatic carbocycles. The van der Waals surface area contributed by atoms with Crippen LogP contribution in [0, 0.1) is 17.2 Å². The van der Waals surface area contributed by atoms with Gasteiger partial charge in [0.2, 0.25) is 0 Å². The van der Waals surface area contributed by atoms with Crippen molar-refractivity contribution in [2.75, 3.05) is 26.2 Å². The molecule has 0 amide bonds. The van der Waals surface area contributed by atoms with Crippen LogP contribution in [0.3, 0.4) is 0 Å². The first-order valence-corrected chi connectivity index (χ1v) is 10.3. The normalized spacial score (nSPS) is 17.8. The summed E-state index contributed by atoms with van der Waals surface area (Å²) in [5.41, 5.74) is 2.68. The zero-order valence-corrected chi connectivity index (χ0v) is 17.1. The van der Waals surface area contributed by atoms with E-state index in [0.717, 1.165) is 30.1 Å². The summed E-state index contributed by atoms with van der Waals surface area (Å²) in [5, 5.41) is 24.0. The number of nitriles is 1. The van der Waals surface area contributed by atoms with Crippen LogP contribution in [0.2, 0.25) is 5.02 Å². The lowest BCUT2D eigenvalue weighted by Crippen LogP contribution is -2.42. The standard InChI is InChI=1S/C23H28ClN3O/c1-17-9-11-27(12-10-17)16-22(28)15-26-23(19-5-7-21(24)8-6-19)20-4-2-3-18(13-20)14-25/h2-8,13,17,22-23,26,28H,9-12,15-16H2,1H3. The first kappa shape index (κ1) is 20.8. The summed E-state index contributed by atoms with van der Waals surface area (Å²) in [6.45, 7) is 5.58. The molecule has 148 valence electrons. The van der Waals surface area contributed by atoms with Gasteiger partial charge in [-0.15, -0.1) is 0 Å². The Kier molecular flexibility index (Phi) is 7.47. The van der Waals surface area contributed by atoms with Gasteiger partial charge in [0.25, 0.3) is 0 Å². The minimum absolute atomic E-state index is 0.110. The second kappa shape index (κ2) is 10.0. The van der Waals surface area contributed by atoms with Gasteiger partial charge >= 0.3 is 0 Å². The van der Waals surface area contributed by atoms with E-state index in [1.54, 1.807) is 6.07 Å². The second-order valence-corrected chi connectivity index (χ2v) is 8.20. The minimum atomic E-state index is -0.442. The molecule has 1 aliphatic heterocycles. The zero-order valence-electron chi connectivity index (χ0n) is 16.3. The Morgan fingerprint density at radius 3 is 2.57 bits per heavy atom. The van der Waals surface area contributed by atoms with Crippen LogP contribution in [0.1, 0.15) is 42.5 Å². The van der Waals surface area contributed by atoms with Gasteiger partial charge in [-0.25, -0.2) is 0 Å². The molecule has 28 heavy (non-hydrogen) atoms. The van der Waals surface area contributed by atoms with Gasteiger partial charge in [-0.2, -0.15) is 5.26 Å². The highest BCUT2D eigenvalue weighted by molar-refractivity contribution is 6.30. The van der Waals surface area contributed by atoms with Crippen LogP contribution in [0.15, 0.2) is 48.5 Å². The summed E-state index contributed by atoms with van der Waals surface area (Å²) in [6.07, 6.45) is 1.96. The van der Waals surface area contributed by atoms with Crippen molar-refractivity contribution in [1.82, 2.24) is 10.2 Å². The molecule has 5 heteroatoms. The second-order valence-electron chi connectivity index (χ2n) is 7.77. The number of rotatable bonds is 7. The Hall–Kier alpha value is -1.90. The lowest BCUT2D eigenvalue weighted by Gasteiger charge is -2.32. The molecule has 2 atom stereocenters. The molecule has 1 aliphatic rings. The van der Waals surface area contributed by atoms with Gasteiger partial charge < -0.3 is 15.3 Å². The fraction of sp³-hybridized carbons (Fsp3) is 0.435. The Labute approximate surface area is 172 Å². The molecular weight excluding hydrogens is 370 g/mol. The lowest BCUT2D eigenvalue weighted by atomic mass is 9.97. The van der Waals surface area contributed by atoms with Crippen LogP contribution in [-0.2, 0) is 0 Å². The number of aliphatic hydroxyl groups excluding tert-OH is 1. The number of benzene rings is 2. The number of β-amino-alcohol motifs (C(OH)–C–C–N with tert-alkyl or cyclic N) is 1. The average Bonchev–Trinajstić information content (AvgIpc) is 2.71. The van der Waals surface area contributed by atoms with Gasteiger partial charge in [-0.1, -0.05) is 42.8 Å². The molecule has 0 saturated carbocycles. The van der Waals surface area contributed by atoms with Crippen LogP contribution in [0.5, 0.6) is 0 Å². The fourth-order valence-corrected chi connectivity index (χ4v) is 3.86. The van der Waals surface area contributed by atoms with Crippen LogP contribution >= 0.6 is 11.6 Å². The van der Waals surface area contributed by atoms with Crippen LogP contribution < -0.4 is 5.32 Å². The molecular formula is C23H28ClN3O. The van der Waals surface area contributed by atoms with E-state index in [2.05, 4.69) is 23.2 Å². The molecule has 1 fully saturated rings. The minimum Gasteiger partial charge on any atom is -0.390 e. The zero-order chi connectivity index (χ0) is 19.9. The van der Waals surface area contributed by atoms with E-state index in [1.807, 2.05) is 42.5 Å². The molecule has 0 bridgehead atoms. The number of aliphatic hydroxyl groups is 1. The summed E-state index contributed by atoms with van der Waals surface area (Å²) in [7, 11) is 0. The molecule has 3 rings (SSSR count). The van der Waals surface area contributed by atoms with Crippen molar-refractivity contribution in [2.45, 2.75) is 31.9 Å². The summed E-state index contributed by atoms with van der Waals surface area (Å²) in [5.74, 6) is 0.785. The van der Waals surface area contributed by atoms with Crippen molar-refractivity contribution < 1.29 is 5.11 Å². The number of halogens is 1. The molecule has 0 spiro atoms. The maximum Gasteiger partial charge on any atom is 0.0991 e. The highest BCUT2D eigenvalue weighted by atomic mass is 35.5. The van der Waals surface area contributed by atoms with Crippen molar-refractivity contribution in [3.63, 3.8) is 0 Å². The molecule has 2 N–H and O–H groups in total. The number of piperidine rings is 1. The van der Waals surface area contributed by atoms with Crippen LogP contribution in [0.4, 0.5) is 0 Å². The monoisotopic (exact) mass is 397 g/mol. The highest BCUT2D eigenvalue weighted by Crippen LogP contribution is 2.24. The number of likely N-dealkylation sites (tertiary alicyclic amines) is 1. The Bertz CT molecular complexity index is 794. The van der Waals surface area contributed by atoms with E-state index in [9.17, 15) is 10.4 Å². The van der Waals surface area contributed by atoms with Gasteiger partial charge in [-0.3, -0.25) is 0 Å². The molecule has 1 heterocycles. The third-order valence-electron chi connectivity index (χ3n) is 5.46. The Morgan fingerprint density at radius 2 is 1.89 bits per heavy atom. The number of nitrogens with one attached hydrogen (secondary N) is 1. The predicted molar refractivity (Wildman–Crippen MR) is 113 cm³/mol. The first-order chi connectivity index (χ1) is 13.5. The van der Waals surface area contributed by atoms with Gasteiger partial charge in [-0.05, 0) is 67.2 Å². The third kappa shape index (κ3) is 5.80. The predicted octanol–water partition coefficient (Wildman–Crippen LogP) is 3.98. The van der Waals surface area contributed by atoms with Gasteiger partial charge in [0, 0.05) is 18.1 Å². The number of nitrogens with zero attached hydrogens (tertiary/aromatic N) is 2. The summed E-state index contributed by atoms with van der Waals surface area (Å²) in [4.78, 5) is 2.35. The van der Waals surface area contributed by atoms with E-state index in [-0.39, 0.29) is 6.04 Å². The van der Waals surface area contributed by atoms with Crippen molar-refractivity contribution >= 4 is 11.6 Å². The number of hydrogen-bond acceptors (Lipinski definition) is 4. The lowest BCUT2D eigenvalue weighted by molar-refractivity contribution is 0.0896. The van der Waals surface area contributed by atoms with Crippen molar-refractivity contribution in [3.05, 3.63) is 70.2 Å². The summed E-state index contributed by atoms with van der Waals surface area (Å²) in [6, 6.07) is 17.4. The van der Waals surface area contributed by atoms with E-state index >= 15 is 0 Å². The number of hydrogen-bond donors (Lipinski definition) is 2. The van der Waals surface area contributed by atoms with Gasteiger partial charge in [0.15, 0.2) is 0 Å². The van der Waals surface area contributed by atoms with Crippen molar-refractivity contribution in [2.24, 2.45) is 5.92 Å². The van der Waals surface area contributed by atoms with Gasteiger partial charge in [0.05, 0.1) is 23.8 Å². The molecule has 0 aromatic heterocycles. The SMILES string of the molecule is CC1CCN(CC(O)CNC(c2ccc(Cl)cc2)c2cccc(C#N)c2)CC1. The molecule has 2 aromatic rings. The largest absolute Gasteiger partial charge is 0.390 e. The first-order valence-electron chi connectivity index (χ1n) is 9.94. The fourth-order valence-electron chi connectivity index (χ4n) is 3.73. The molecule has 2 unspecified atom stereocenters. The molecule has 0 radical (unpaired) electrons. The molecule has 4 nitrogen and oxygen atoms in total. The topological polar surface area (TPSA) is 59.3 Å². The van der Waals surface area contributed by atoms with E-state index < -0.39 is 6.10 Å². The van der Waals surface area contributed by atoms with E-state index in [4.69, 9.17) is 11.6 Å². The maximum absolute atomic E-state index is 10.6. The highest BCUT2D eigenvalue weighted by Gasteiger charge is 2.20. The van der Waals surface area contributed by atoms with Gasteiger partial charge in [0.1, 0.15) is 0 Å². The smallest absolute Gasteiger partial charge is 0.0991 e. The third-order valence-corrected chi connectivity index (χ3v) is 5.71. The summed E-state index contributed by atoms with van der Waals surface area (Å²) >= 11 is 6.05. The molecule has 2 aromatic carbocycles. The molecule has 1 saturated heterocycles. The average molecular weight is 398 g/mol. The van der Waals surface area contributed by atoms with Crippen molar-refractivity contribution in [3.8, 4) is 6.07 Å². The summed E-state index contributed by atoms with van der Waals surface area (Å²) < 4.78 is 0. The van der Waals surface area contributed by atoms with E-state index in [1.165, 1.54) is 12.8 Å². The van der Waals surface area contributed by atoms with Crippen LogP contribution in [-0.4, -0.2) is 42.3 Å². The Morgan fingerprint density at radius 1 is 1.18 bits per heavy atom. The quantitative estimate of drug-likeness (QED) is 0.741. The van der Waals surface area contributed by atoms with Crippen LogP contribution in [0.25, 0.3) is 0 Å².